The van der Waals surface area contributed by atoms with Crippen molar-refractivity contribution in [3.05, 3.63) is 42.2 Å². The third-order valence-electron chi connectivity index (χ3n) is 5.81. The minimum atomic E-state index is -0.0708. The molecule has 0 unspecified atom stereocenters. The van der Waals surface area contributed by atoms with Gasteiger partial charge in [-0.3, -0.25) is 14.6 Å². The summed E-state index contributed by atoms with van der Waals surface area (Å²) in [4.78, 5) is 34.4. The summed E-state index contributed by atoms with van der Waals surface area (Å²) >= 11 is 0. The van der Waals surface area contributed by atoms with Crippen LogP contribution in [-0.4, -0.2) is 52.3 Å². The first kappa shape index (κ1) is 18.0. The van der Waals surface area contributed by atoms with Crippen LogP contribution in [0.4, 0.5) is 0 Å². The molecule has 1 aliphatic heterocycles. The van der Waals surface area contributed by atoms with Crippen LogP contribution in [0.3, 0.4) is 0 Å². The third kappa shape index (κ3) is 3.68. The summed E-state index contributed by atoms with van der Waals surface area (Å²) in [6, 6.07) is 9.82. The van der Waals surface area contributed by atoms with E-state index in [2.05, 4.69) is 18.8 Å². The molecule has 142 valence electrons. The summed E-state index contributed by atoms with van der Waals surface area (Å²) in [6.45, 7) is 6.17. The molecule has 2 heterocycles. The molecule has 1 atom stereocenters. The Labute approximate surface area is 160 Å². The number of hydrogen-bond donors (Lipinski definition) is 0. The molecule has 1 saturated heterocycles. The first-order chi connectivity index (χ1) is 13.0. The van der Waals surface area contributed by atoms with Gasteiger partial charge in [-0.1, -0.05) is 38.1 Å². The second kappa shape index (κ2) is 7.29. The van der Waals surface area contributed by atoms with E-state index in [0.717, 1.165) is 17.3 Å². The van der Waals surface area contributed by atoms with E-state index in [1.54, 1.807) is 6.20 Å². The van der Waals surface area contributed by atoms with E-state index in [9.17, 15) is 9.59 Å². The summed E-state index contributed by atoms with van der Waals surface area (Å²) in [5.41, 5.74) is 0.485. The predicted octanol–water partition coefficient (Wildman–Crippen LogP) is 3.34. The lowest BCUT2D eigenvalue weighted by molar-refractivity contribution is -0.133. The minimum Gasteiger partial charge on any atom is -0.337 e. The Bertz CT molecular complexity index is 854. The van der Waals surface area contributed by atoms with Crippen molar-refractivity contribution in [2.45, 2.75) is 39.2 Å². The Morgan fingerprint density at radius 1 is 1.22 bits per heavy atom. The van der Waals surface area contributed by atoms with Crippen molar-refractivity contribution >= 4 is 22.6 Å². The van der Waals surface area contributed by atoms with Crippen molar-refractivity contribution in [2.24, 2.45) is 11.8 Å². The normalized spacial score (nSPS) is 21.0. The fraction of sp³-hybridized carbons (Fsp3) is 0.500. The maximum atomic E-state index is 13.3. The Balaban J connectivity index is 1.62. The van der Waals surface area contributed by atoms with Gasteiger partial charge in [-0.25, -0.2) is 0 Å². The number of carbonyl (C=O) groups excluding carboxylic acids is 2. The van der Waals surface area contributed by atoms with E-state index < -0.39 is 0 Å². The molecule has 5 nitrogen and oxygen atoms in total. The lowest BCUT2D eigenvalue weighted by atomic mass is 10.0. The smallest absolute Gasteiger partial charge is 0.273 e. The van der Waals surface area contributed by atoms with Gasteiger partial charge in [-0.15, -0.1) is 0 Å². The summed E-state index contributed by atoms with van der Waals surface area (Å²) in [7, 11) is 0. The highest BCUT2D eigenvalue weighted by Gasteiger charge is 2.37. The molecule has 2 aliphatic rings. The summed E-state index contributed by atoms with van der Waals surface area (Å²) in [6.07, 6.45) is 4.53. The van der Waals surface area contributed by atoms with Gasteiger partial charge in [0.15, 0.2) is 0 Å². The number of pyridine rings is 1. The van der Waals surface area contributed by atoms with Gasteiger partial charge in [-0.2, -0.15) is 0 Å². The van der Waals surface area contributed by atoms with Crippen molar-refractivity contribution in [1.29, 1.82) is 0 Å². The fourth-order valence-corrected chi connectivity index (χ4v) is 3.99. The van der Waals surface area contributed by atoms with Crippen molar-refractivity contribution in [3.8, 4) is 0 Å². The van der Waals surface area contributed by atoms with Crippen molar-refractivity contribution in [3.63, 3.8) is 0 Å². The molecule has 2 amide bonds. The number of aromatic nitrogens is 1. The van der Waals surface area contributed by atoms with Crippen LogP contribution in [0, 0.1) is 11.8 Å². The zero-order chi connectivity index (χ0) is 19.0. The van der Waals surface area contributed by atoms with Crippen LogP contribution in [-0.2, 0) is 4.79 Å². The molecule has 0 N–H and O–H groups in total. The standard InChI is InChI=1S/C22H27N3O2/c1-15(2)19-14-24(12-10-20(26)25(19)13-16-7-8-16)22(27)21-18-6-4-3-5-17(18)9-11-23-21/h3-6,9,11,15-16,19H,7-8,10,12-14H2,1-2H3/t19-/m1/s1. The van der Waals surface area contributed by atoms with Gasteiger partial charge in [0.1, 0.15) is 5.69 Å². The maximum absolute atomic E-state index is 13.3. The fourth-order valence-electron chi connectivity index (χ4n) is 3.99. The quantitative estimate of drug-likeness (QED) is 0.835. The van der Waals surface area contributed by atoms with Crippen LogP contribution in [0.2, 0.25) is 0 Å². The number of hydrogen-bond acceptors (Lipinski definition) is 3. The second-order valence-electron chi connectivity index (χ2n) is 8.18. The Morgan fingerprint density at radius 2 is 2.00 bits per heavy atom. The van der Waals surface area contributed by atoms with Crippen LogP contribution in [0.25, 0.3) is 10.8 Å². The van der Waals surface area contributed by atoms with E-state index in [0.29, 0.717) is 37.0 Å². The minimum absolute atomic E-state index is 0.0690. The number of carbonyl (C=O) groups is 2. The molecule has 5 heteroatoms. The Morgan fingerprint density at radius 3 is 2.74 bits per heavy atom. The van der Waals surface area contributed by atoms with E-state index in [1.165, 1.54) is 12.8 Å². The number of fused-ring (bicyclic) bond motifs is 1. The lowest BCUT2D eigenvalue weighted by Crippen LogP contribution is -2.48. The zero-order valence-electron chi connectivity index (χ0n) is 16.1. The maximum Gasteiger partial charge on any atom is 0.273 e. The van der Waals surface area contributed by atoms with E-state index in [1.807, 2.05) is 40.1 Å². The molecule has 1 aromatic heterocycles. The number of nitrogens with zero attached hydrogens (tertiary/aromatic N) is 3. The summed E-state index contributed by atoms with van der Waals surface area (Å²) < 4.78 is 0. The lowest BCUT2D eigenvalue weighted by Gasteiger charge is -2.34. The van der Waals surface area contributed by atoms with Crippen LogP contribution in [0.15, 0.2) is 36.5 Å². The Hall–Kier alpha value is -2.43. The van der Waals surface area contributed by atoms with Crippen molar-refractivity contribution in [1.82, 2.24) is 14.8 Å². The second-order valence-corrected chi connectivity index (χ2v) is 8.18. The van der Waals surface area contributed by atoms with Crippen molar-refractivity contribution in [2.75, 3.05) is 19.6 Å². The van der Waals surface area contributed by atoms with Crippen LogP contribution < -0.4 is 0 Å². The monoisotopic (exact) mass is 365 g/mol. The zero-order valence-corrected chi connectivity index (χ0v) is 16.1. The van der Waals surface area contributed by atoms with Gasteiger partial charge < -0.3 is 9.80 Å². The number of rotatable bonds is 4. The summed E-state index contributed by atoms with van der Waals surface area (Å²) in [5, 5.41) is 1.88. The van der Waals surface area contributed by atoms with Gasteiger partial charge >= 0.3 is 0 Å². The van der Waals surface area contributed by atoms with Gasteiger partial charge in [-0.05, 0) is 36.1 Å². The van der Waals surface area contributed by atoms with Gasteiger partial charge in [0.05, 0.1) is 6.04 Å². The molecule has 2 fully saturated rings. The van der Waals surface area contributed by atoms with Gasteiger partial charge in [0.2, 0.25) is 5.91 Å². The molecule has 2 aromatic rings. The molecule has 0 spiro atoms. The molecule has 4 rings (SSSR count). The summed E-state index contributed by atoms with van der Waals surface area (Å²) in [5.74, 6) is 1.07. The van der Waals surface area contributed by atoms with E-state index >= 15 is 0 Å². The van der Waals surface area contributed by atoms with Crippen LogP contribution in [0.1, 0.15) is 43.6 Å². The molecule has 1 aromatic carbocycles. The molecule has 1 aliphatic carbocycles. The highest BCUT2D eigenvalue weighted by Crippen LogP contribution is 2.32. The first-order valence-corrected chi connectivity index (χ1v) is 9.97. The molecular formula is C22H27N3O2. The van der Waals surface area contributed by atoms with Gasteiger partial charge in [0, 0.05) is 37.6 Å². The topological polar surface area (TPSA) is 53.5 Å². The Kier molecular flexibility index (Phi) is 4.85. The molecule has 1 saturated carbocycles. The largest absolute Gasteiger partial charge is 0.337 e. The average molecular weight is 365 g/mol. The SMILES string of the molecule is CC(C)[C@H]1CN(C(=O)c2nccc3ccccc23)CCC(=O)N1CC1CC1. The third-order valence-corrected chi connectivity index (χ3v) is 5.81. The highest BCUT2D eigenvalue weighted by molar-refractivity contribution is 6.05. The predicted molar refractivity (Wildman–Crippen MR) is 105 cm³/mol. The number of amides is 2. The van der Waals surface area contributed by atoms with Gasteiger partial charge in [0.25, 0.3) is 5.91 Å². The van der Waals surface area contributed by atoms with E-state index in [4.69, 9.17) is 0 Å². The van der Waals surface area contributed by atoms with Crippen LogP contribution in [0.5, 0.6) is 0 Å². The number of benzene rings is 1. The first-order valence-electron chi connectivity index (χ1n) is 9.97. The average Bonchev–Trinajstić information content (AvgIpc) is 3.50. The highest BCUT2D eigenvalue weighted by atomic mass is 16.2. The molecular weight excluding hydrogens is 338 g/mol. The van der Waals surface area contributed by atoms with Crippen molar-refractivity contribution < 1.29 is 9.59 Å². The van der Waals surface area contributed by atoms with E-state index in [-0.39, 0.29) is 17.9 Å². The van der Waals surface area contributed by atoms with Crippen LogP contribution >= 0.6 is 0 Å². The molecule has 0 bridgehead atoms. The molecule has 0 radical (unpaired) electrons. The molecule has 27 heavy (non-hydrogen) atoms.